The first-order chi connectivity index (χ1) is 16.1. The van der Waals surface area contributed by atoms with Gasteiger partial charge in [-0.2, -0.15) is 9.41 Å². The van der Waals surface area contributed by atoms with Crippen molar-refractivity contribution in [1.82, 2.24) is 9.73 Å². The van der Waals surface area contributed by atoms with Crippen LogP contribution >= 0.6 is 27.5 Å². The number of carbonyl (C=O) groups excluding carboxylic acids is 1. The number of nitrogens with one attached hydrogen (secondary N) is 1. The van der Waals surface area contributed by atoms with Crippen LogP contribution < -0.4 is 5.43 Å². The molecule has 3 aromatic rings. The Morgan fingerprint density at radius 2 is 1.71 bits per heavy atom. The molecule has 34 heavy (non-hydrogen) atoms. The maximum Gasteiger partial charge on any atom is 0.255 e. The van der Waals surface area contributed by atoms with Crippen LogP contribution in [0.3, 0.4) is 0 Å². The van der Waals surface area contributed by atoms with Crippen LogP contribution in [0.1, 0.15) is 27.8 Å². The third kappa shape index (κ3) is 6.76. The number of hydrogen-bond acceptors (Lipinski definition) is 4. The topological polar surface area (TPSA) is 78.8 Å². The van der Waals surface area contributed by atoms with Gasteiger partial charge in [0.25, 0.3) is 5.91 Å². The van der Waals surface area contributed by atoms with E-state index in [0.717, 1.165) is 19.9 Å². The molecule has 0 atom stereocenters. The van der Waals surface area contributed by atoms with Gasteiger partial charge >= 0.3 is 0 Å². The lowest BCUT2D eigenvalue weighted by atomic mass is 10.1. The first-order valence-electron chi connectivity index (χ1n) is 10.5. The lowest BCUT2D eigenvalue weighted by Crippen LogP contribution is -2.39. The number of hydrogen-bond donors (Lipinski definition) is 1. The summed E-state index contributed by atoms with van der Waals surface area (Å²) >= 11 is 9.36. The van der Waals surface area contributed by atoms with Gasteiger partial charge in [-0.1, -0.05) is 69.5 Å². The van der Waals surface area contributed by atoms with E-state index in [0.29, 0.717) is 21.7 Å². The van der Waals surface area contributed by atoms with Crippen molar-refractivity contribution in [2.24, 2.45) is 5.10 Å². The zero-order valence-corrected chi connectivity index (χ0v) is 22.2. The minimum absolute atomic E-state index is 0.00895. The third-order valence-corrected chi connectivity index (χ3v) is 7.89. The number of rotatable bonds is 8. The van der Waals surface area contributed by atoms with Crippen molar-refractivity contribution >= 4 is 49.7 Å². The van der Waals surface area contributed by atoms with Crippen LogP contribution in [0.4, 0.5) is 0 Å². The van der Waals surface area contributed by atoms with Crippen LogP contribution in [-0.2, 0) is 21.4 Å². The zero-order valence-electron chi connectivity index (χ0n) is 19.0. The Labute approximate surface area is 213 Å². The minimum Gasteiger partial charge on any atom is -0.272 e. The molecule has 0 radical (unpaired) electrons. The van der Waals surface area contributed by atoms with Crippen molar-refractivity contribution < 1.29 is 13.2 Å². The fourth-order valence-corrected chi connectivity index (χ4v) is 6.02. The lowest BCUT2D eigenvalue weighted by Gasteiger charge is -2.24. The zero-order chi connectivity index (χ0) is 24.9. The van der Waals surface area contributed by atoms with Crippen LogP contribution in [0.5, 0.6) is 0 Å². The molecule has 0 aliphatic heterocycles. The summed E-state index contributed by atoms with van der Waals surface area (Å²) in [5.41, 5.74) is 6.15. The van der Waals surface area contributed by atoms with Gasteiger partial charge in [0.15, 0.2) is 0 Å². The maximum atomic E-state index is 13.7. The third-order valence-electron chi connectivity index (χ3n) is 5.05. The molecule has 3 rings (SSSR count). The van der Waals surface area contributed by atoms with E-state index in [9.17, 15) is 13.2 Å². The van der Waals surface area contributed by atoms with E-state index in [1.54, 1.807) is 38.1 Å². The van der Waals surface area contributed by atoms with E-state index in [4.69, 9.17) is 11.6 Å². The van der Waals surface area contributed by atoms with E-state index in [-0.39, 0.29) is 11.4 Å². The Hall–Kier alpha value is -2.52. The predicted octanol–water partition coefficient (Wildman–Crippen LogP) is 5.37. The largest absolute Gasteiger partial charge is 0.272 e. The number of hydrazone groups is 1. The fraction of sp³-hybridized carbons (Fsp3) is 0.200. The summed E-state index contributed by atoms with van der Waals surface area (Å²) < 4.78 is 29.4. The van der Waals surface area contributed by atoms with Gasteiger partial charge in [0, 0.05) is 16.0 Å². The second-order valence-electron chi connectivity index (χ2n) is 7.98. The fourth-order valence-electron chi connectivity index (χ4n) is 3.68. The molecule has 0 aliphatic rings. The highest BCUT2D eigenvalue weighted by atomic mass is 79.9. The summed E-state index contributed by atoms with van der Waals surface area (Å²) in [7, 11) is -3.98. The molecule has 0 fully saturated rings. The van der Waals surface area contributed by atoms with Gasteiger partial charge in [0.1, 0.15) is 0 Å². The summed E-state index contributed by atoms with van der Waals surface area (Å²) in [6, 6.07) is 17.9. The highest BCUT2D eigenvalue weighted by Crippen LogP contribution is 2.26. The van der Waals surface area contributed by atoms with Crippen molar-refractivity contribution in [1.29, 1.82) is 0 Å². The minimum atomic E-state index is -3.98. The monoisotopic (exact) mass is 561 g/mol. The average molecular weight is 563 g/mol. The molecule has 1 amide bonds. The van der Waals surface area contributed by atoms with E-state index in [1.165, 1.54) is 6.21 Å². The van der Waals surface area contributed by atoms with E-state index >= 15 is 0 Å². The number of amides is 1. The Kier molecular flexibility index (Phi) is 8.65. The molecule has 1 N–H and O–H groups in total. The maximum absolute atomic E-state index is 13.7. The Morgan fingerprint density at radius 3 is 2.32 bits per heavy atom. The number of sulfonamides is 1. The van der Waals surface area contributed by atoms with Crippen molar-refractivity contribution in [3.63, 3.8) is 0 Å². The van der Waals surface area contributed by atoms with Crippen LogP contribution in [0.15, 0.2) is 75.1 Å². The van der Waals surface area contributed by atoms with Gasteiger partial charge in [-0.15, -0.1) is 0 Å². The molecular weight excluding hydrogens is 538 g/mol. The smallest absolute Gasteiger partial charge is 0.255 e. The number of benzene rings is 3. The highest BCUT2D eigenvalue weighted by molar-refractivity contribution is 9.10. The predicted molar refractivity (Wildman–Crippen MR) is 140 cm³/mol. The Bertz CT molecular complexity index is 1300. The van der Waals surface area contributed by atoms with Crippen LogP contribution in [0.2, 0.25) is 5.02 Å². The van der Waals surface area contributed by atoms with Gasteiger partial charge in [-0.05, 0) is 67.3 Å². The van der Waals surface area contributed by atoms with Crippen LogP contribution in [-0.4, -0.2) is 31.4 Å². The Morgan fingerprint density at radius 1 is 1.06 bits per heavy atom. The summed E-state index contributed by atoms with van der Waals surface area (Å²) in [4.78, 5) is 12.9. The van der Waals surface area contributed by atoms with Crippen molar-refractivity contribution in [2.45, 2.75) is 32.2 Å². The van der Waals surface area contributed by atoms with Crippen molar-refractivity contribution in [3.8, 4) is 0 Å². The van der Waals surface area contributed by atoms with Crippen molar-refractivity contribution in [2.75, 3.05) is 6.54 Å². The molecule has 0 heterocycles. The number of nitrogens with zero attached hydrogens (tertiary/aromatic N) is 2. The molecule has 0 aromatic heterocycles. The second-order valence-corrected chi connectivity index (χ2v) is 11.2. The molecule has 0 saturated heterocycles. The van der Waals surface area contributed by atoms with E-state index in [2.05, 4.69) is 26.5 Å². The van der Waals surface area contributed by atoms with Gasteiger partial charge in [0.2, 0.25) is 10.0 Å². The molecule has 0 saturated carbocycles. The SMILES string of the molecule is Cc1cc(C)c(S(=O)(=O)N(CC(=O)N/N=C/c2cccc(Br)c2)Cc2ccc(Cl)cc2)c(C)c1. The van der Waals surface area contributed by atoms with E-state index in [1.807, 2.05) is 43.3 Å². The number of aryl methyl sites for hydroxylation is 3. The highest BCUT2D eigenvalue weighted by Gasteiger charge is 2.30. The van der Waals surface area contributed by atoms with Gasteiger partial charge in [-0.25, -0.2) is 13.8 Å². The lowest BCUT2D eigenvalue weighted by molar-refractivity contribution is -0.121. The summed E-state index contributed by atoms with van der Waals surface area (Å²) in [6.07, 6.45) is 1.50. The first kappa shape index (κ1) is 26.1. The molecule has 0 bridgehead atoms. The Balaban J connectivity index is 1.87. The second kappa shape index (κ2) is 11.3. The van der Waals surface area contributed by atoms with E-state index < -0.39 is 22.5 Å². The molecule has 0 spiro atoms. The first-order valence-corrected chi connectivity index (χ1v) is 13.1. The molecule has 3 aromatic carbocycles. The summed E-state index contributed by atoms with van der Waals surface area (Å²) in [5.74, 6) is -0.550. The van der Waals surface area contributed by atoms with Crippen LogP contribution in [0, 0.1) is 20.8 Å². The molecular formula is C25H25BrClN3O3S. The van der Waals surface area contributed by atoms with Gasteiger partial charge in [-0.3, -0.25) is 4.79 Å². The molecule has 6 nitrogen and oxygen atoms in total. The van der Waals surface area contributed by atoms with Crippen LogP contribution in [0.25, 0.3) is 0 Å². The summed E-state index contributed by atoms with van der Waals surface area (Å²) in [5, 5.41) is 4.52. The molecule has 0 aliphatic carbocycles. The standard InChI is InChI=1S/C25H25BrClN3O3S/c1-17-11-18(2)25(19(3)12-17)34(32,33)30(15-20-7-9-23(27)10-8-20)16-24(31)29-28-14-21-5-4-6-22(26)13-21/h4-14H,15-16H2,1-3H3,(H,29,31)/b28-14+. The van der Waals surface area contributed by atoms with Gasteiger partial charge in [0.05, 0.1) is 17.7 Å². The summed E-state index contributed by atoms with van der Waals surface area (Å²) in [6.45, 7) is 5.05. The van der Waals surface area contributed by atoms with Gasteiger partial charge < -0.3 is 0 Å². The quantitative estimate of drug-likeness (QED) is 0.296. The normalized spacial score (nSPS) is 11.8. The molecule has 0 unspecified atom stereocenters. The number of carbonyl (C=O) groups is 1. The molecule has 9 heteroatoms. The number of halogens is 2. The average Bonchev–Trinajstić information content (AvgIpc) is 2.74. The molecule has 178 valence electrons. The van der Waals surface area contributed by atoms with Crippen molar-refractivity contribution in [3.05, 3.63) is 98.0 Å².